The molecule has 0 aliphatic heterocycles. The minimum absolute atomic E-state index is 0.154. The smallest absolute Gasteiger partial charge is 0.123 e. The van der Waals surface area contributed by atoms with E-state index in [4.69, 9.17) is 27.9 Å². The molecule has 0 saturated heterocycles. The number of hydrogen-bond acceptors (Lipinski definition) is 3. The first kappa shape index (κ1) is 16.2. The SMILES string of the molecule is COc1ccc(F)cc1C[S@@](=O)Cc1ncc(Cl)cc1Cl. The van der Waals surface area contributed by atoms with Crippen LogP contribution in [0, 0.1) is 5.82 Å². The highest BCUT2D eigenvalue weighted by molar-refractivity contribution is 7.83. The van der Waals surface area contributed by atoms with Crippen molar-refractivity contribution in [3.63, 3.8) is 0 Å². The van der Waals surface area contributed by atoms with E-state index in [0.29, 0.717) is 27.1 Å². The maximum absolute atomic E-state index is 13.3. The Labute approximate surface area is 134 Å². The largest absolute Gasteiger partial charge is 0.496 e. The van der Waals surface area contributed by atoms with Crippen LogP contribution in [0.5, 0.6) is 5.75 Å². The number of methoxy groups -OCH3 is 1. The molecule has 112 valence electrons. The molecule has 2 rings (SSSR count). The standard InChI is InChI=1S/C14H12Cl2FNO2S/c1-20-14-3-2-11(17)4-9(14)7-21(19)8-13-12(16)5-10(15)6-18-13/h2-6H,7-8H2,1H3/t21-/m1/s1. The Bertz CT molecular complexity index is 682. The summed E-state index contributed by atoms with van der Waals surface area (Å²) in [6.45, 7) is 0. The summed E-state index contributed by atoms with van der Waals surface area (Å²) in [5.41, 5.74) is 1.04. The summed E-state index contributed by atoms with van der Waals surface area (Å²) < 4.78 is 30.6. The summed E-state index contributed by atoms with van der Waals surface area (Å²) >= 11 is 11.8. The monoisotopic (exact) mass is 347 g/mol. The van der Waals surface area contributed by atoms with Crippen molar-refractivity contribution in [2.75, 3.05) is 7.11 Å². The van der Waals surface area contributed by atoms with Crippen molar-refractivity contribution >= 4 is 34.0 Å². The van der Waals surface area contributed by atoms with Gasteiger partial charge in [-0.2, -0.15) is 0 Å². The van der Waals surface area contributed by atoms with Crippen LogP contribution in [0.2, 0.25) is 10.0 Å². The van der Waals surface area contributed by atoms with Crippen LogP contribution in [-0.2, 0) is 22.3 Å². The van der Waals surface area contributed by atoms with E-state index < -0.39 is 16.6 Å². The summed E-state index contributed by atoms with van der Waals surface area (Å²) in [6.07, 6.45) is 1.45. The van der Waals surface area contributed by atoms with E-state index in [2.05, 4.69) is 4.98 Å². The summed E-state index contributed by atoms with van der Waals surface area (Å²) in [4.78, 5) is 4.06. The Morgan fingerprint density at radius 1 is 1.29 bits per heavy atom. The van der Waals surface area contributed by atoms with Gasteiger partial charge in [-0.05, 0) is 24.3 Å². The summed E-state index contributed by atoms with van der Waals surface area (Å²) in [7, 11) is 0.188. The zero-order valence-corrected chi connectivity index (χ0v) is 13.4. The molecule has 0 amide bonds. The lowest BCUT2D eigenvalue weighted by Gasteiger charge is -2.09. The highest BCUT2D eigenvalue weighted by atomic mass is 35.5. The maximum Gasteiger partial charge on any atom is 0.123 e. The van der Waals surface area contributed by atoms with Crippen molar-refractivity contribution in [2.24, 2.45) is 0 Å². The van der Waals surface area contributed by atoms with E-state index in [-0.39, 0.29) is 11.5 Å². The van der Waals surface area contributed by atoms with Gasteiger partial charge in [0, 0.05) is 22.6 Å². The second-order valence-corrected chi connectivity index (χ2v) is 6.57. The summed E-state index contributed by atoms with van der Waals surface area (Å²) in [5, 5.41) is 0.781. The molecule has 0 aliphatic rings. The first-order valence-corrected chi connectivity index (χ1v) is 8.21. The van der Waals surface area contributed by atoms with E-state index in [9.17, 15) is 8.60 Å². The Kier molecular flexibility index (Phi) is 5.56. The first-order chi connectivity index (χ1) is 9.99. The highest BCUT2D eigenvalue weighted by Gasteiger charge is 2.12. The van der Waals surface area contributed by atoms with Crippen LogP contribution in [-0.4, -0.2) is 16.3 Å². The van der Waals surface area contributed by atoms with E-state index in [0.717, 1.165) is 0 Å². The van der Waals surface area contributed by atoms with Crippen LogP contribution in [0.4, 0.5) is 4.39 Å². The average molecular weight is 348 g/mol. The van der Waals surface area contributed by atoms with Crippen LogP contribution in [0.1, 0.15) is 11.3 Å². The molecule has 0 fully saturated rings. The maximum atomic E-state index is 13.3. The number of rotatable bonds is 5. The Morgan fingerprint density at radius 2 is 2.05 bits per heavy atom. The van der Waals surface area contributed by atoms with Gasteiger partial charge in [0.05, 0.1) is 34.4 Å². The van der Waals surface area contributed by atoms with Crippen LogP contribution in [0.3, 0.4) is 0 Å². The molecule has 2 aromatic rings. The van der Waals surface area contributed by atoms with Gasteiger partial charge in [-0.25, -0.2) is 4.39 Å². The highest BCUT2D eigenvalue weighted by Crippen LogP contribution is 2.24. The van der Waals surface area contributed by atoms with Crippen LogP contribution < -0.4 is 4.74 Å². The molecule has 0 N–H and O–H groups in total. The van der Waals surface area contributed by atoms with Gasteiger partial charge < -0.3 is 4.74 Å². The third-order valence-electron chi connectivity index (χ3n) is 2.74. The van der Waals surface area contributed by atoms with Gasteiger partial charge in [-0.3, -0.25) is 9.19 Å². The van der Waals surface area contributed by atoms with Gasteiger partial charge in [0.1, 0.15) is 11.6 Å². The second-order valence-electron chi connectivity index (χ2n) is 4.27. The van der Waals surface area contributed by atoms with Crippen molar-refractivity contribution in [1.29, 1.82) is 0 Å². The number of nitrogens with zero attached hydrogens (tertiary/aromatic N) is 1. The van der Waals surface area contributed by atoms with Gasteiger partial charge in [-0.15, -0.1) is 0 Å². The molecule has 0 radical (unpaired) electrons. The number of hydrogen-bond donors (Lipinski definition) is 0. The van der Waals surface area contributed by atoms with Crippen molar-refractivity contribution in [3.05, 3.63) is 57.6 Å². The van der Waals surface area contributed by atoms with Crippen LogP contribution in [0.25, 0.3) is 0 Å². The lowest BCUT2D eigenvalue weighted by Crippen LogP contribution is -2.04. The Balaban J connectivity index is 2.13. The minimum atomic E-state index is -1.30. The average Bonchev–Trinajstić information content (AvgIpc) is 2.42. The van der Waals surface area contributed by atoms with Gasteiger partial charge >= 0.3 is 0 Å². The third-order valence-corrected chi connectivity index (χ3v) is 4.50. The molecule has 3 nitrogen and oxygen atoms in total. The molecule has 1 atom stereocenters. The molecule has 1 aromatic carbocycles. The predicted molar refractivity (Wildman–Crippen MR) is 82.8 cm³/mol. The van der Waals surface area contributed by atoms with Gasteiger partial charge in [-0.1, -0.05) is 23.2 Å². The molecule has 7 heteroatoms. The Hall–Kier alpha value is -1.17. The van der Waals surface area contributed by atoms with Crippen molar-refractivity contribution < 1.29 is 13.3 Å². The van der Waals surface area contributed by atoms with E-state index >= 15 is 0 Å². The molecule has 1 aromatic heterocycles. The lowest BCUT2D eigenvalue weighted by atomic mass is 10.2. The fraction of sp³-hybridized carbons (Fsp3) is 0.214. The van der Waals surface area contributed by atoms with Crippen molar-refractivity contribution in [3.8, 4) is 5.75 Å². The fourth-order valence-electron chi connectivity index (χ4n) is 1.79. The van der Waals surface area contributed by atoms with Crippen molar-refractivity contribution in [2.45, 2.75) is 11.5 Å². The number of aromatic nitrogens is 1. The van der Waals surface area contributed by atoms with Gasteiger partial charge in [0.15, 0.2) is 0 Å². The molecule has 1 heterocycles. The normalized spacial score (nSPS) is 12.2. The van der Waals surface area contributed by atoms with Gasteiger partial charge in [0.25, 0.3) is 0 Å². The third kappa shape index (κ3) is 4.40. The van der Waals surface area contributed by atoms with E-state index in [1.807, 2.05) is 0 Å². The molecule has 0 unspecified atom stereocenters. The molecular weight excluding hydrogens is 336 g/mol. The molecular formula is C14H12Cl2FNO2S. The zero-order chi connectivity index (χ0) is 15.4. The Morgan fingerprint density at radius 3 is 2.71 bits per heavy atom. The zero-order valence-electron chi connectivity index (χ0n) is 11.1. The second kappa shape index (κ2) is 7.20. The number of halogens is 3. The number of ether oxygens (including phenoxy) is 1. The first-order valence-electron chi connectivity index (χ1n) is 5.97. The van der Waals surface area contributed by atoms with Gasteiger partial charge in [0.2, 0.25) is 0 Å². The molecule has 0 bridgehead atoms. The van der Waals surface area contributed by atoms with E-state index in [1.54, 1.807) is 6.07 Å². The summed E-state index contributed by atoms with van der Waals surface area (Å²) in [5.74, 6) is 0.419. The molecule has 0 aliphatic carbocycles. The van der Waals surface area contributed by atoms with E-state index in [1.165, 1.54) is 31.5 Å². The summed E-state index contributed by atoms with van der Waals surface area (Å²) in [6, 6.07) is 5.66. The predicted octanol–water partition coefficient (Wildman–Crippen LogP) is 3.99. The quantitative estimate of drug-likeness (QED) is 0.820. The fourth-order valence-corrected chi connectivity index (χ4v) is 3.52. The lowest BCUT2D eigenvalue weighted by molar-refractivity contribution is 0.410. The molecule has 0 saturated carbocycles. The molecule has 0 spiro atoms. The minimum Gasteiger partial charge on any atom is -0.496 e. The molecule has 21 heavy (non-hydrogen) atoms. The van der Waals surface area contributed by atoms with Crippen molar-refractivity contribution in [1.82, 2.24) is 4.98 Å². The number of pyridine rings is 1. The topological polar surface area (TPSA) is 39.2 Å². The van der Waals surface area contributed by atoms with Crippen LogP contribution >= 0.6 is 23.2 Å². The number of benzene rings is 1. The van der Waals surface area contributed by atoms with Crippen LogP contribution in [0.15, 0.2) is 30.5 Å².